The van der Waals surface area contributed by atoms with Crippen molar-refractivity contribution in [2.45, 2.75) is 12.6 Å². The summed E-state index contributed by atoms with van der Waals surface area (Å²) < 4.78 is 37.6. The van der Waals surface area contributed by atoms with Crippen molar-refractivity contribution < 1.29 is 27.9 Å². The summed E-state index contributed by atoms with van der Waals surface area (Å²) in [5, 5.41) is 8.87. The third-order valence-electron chi connectivity index (χ3n) is 4.42. The number of amides is 1. The first kappa shape index (κ1) is 16.5. The number of hydrogen-bond donors (Lipinski definition) is 1. The smallest absolute Gasteiger partial charge is 0.417 e. The van der Waals surface area contributed by atoms with Crippen LogP contribution in [0.2, 0.25) is 0 Å². The van der Waals surface area contributed by atoms with E-state index in [0.29, 0.717) is 38.4 Å². The number of hydrogen-bond acceptors (Lipinski definition) is 4. The van der Waals surface area contributed by atoms with Crippen LogP contribution in [0.25, 0.3) is 0 Å². The number of aliphatic carboxylic acids is 1. The molecule has 1 aromatic rings. The second-order valence-corrected chi connectivity index (χ2v) is 6.00. The topological polar surface area (TPSA) is 73.7 Å². The molecule has 1 aliphatic carbocycles. The number of carbonyl (C=O) groups is 2. The van der Waals surface area contributed by atoms with Gasteiger partial charge >= 0.3 is 12.1 Å². The molecule has 0 unspecified atom stereocenters. The zero-order valence-corrected chi connectivity index (χ0v) is 12.7. The van der Waals surface area contributed by atoms with Gasteiger partial charge in [0.05, 0.1) is 17.4 Å². The summed E-state index contributed by atoms with van der Waals surface area (Å²) >= 11 is 0. The Hall–Kier alpha value is -2.32. The van der Waals surface area contributed by atoms with Crippen LogP contribution >= 0.6 is 0 Å². The molecule has 2 aliphatic rings. The first-order valence-corrected chi connectivity index (χ1v) is 7.57. The maximum absolute atomic E-state index is 12.5. The second-order valence-electron chi connectivity index (χ2n) is 6.00. The maximum Gasteiger partial charge on any atom is 0.417 e. The van der Waals surface area contributed by atoms with Gasteiger partial charge < -0.3 is 14.9 Å². The lowest BCUT2D eigenvalue weighted by Gasteiger charge is -2.35. The summed E-state index contributed by atoms with van der Waals surface area (Å²) in [4.78, 5) is 30.3. The summed E-state index contributed by atoms with van der Waals surface area (Å²) in [6.45, 7) is 1.72. The van der Waals surface area contributed by atoms with Crippen LogP contribution in [0.5, 0.6) is 0 Å². The second kappa shape index (κ2) is 5.95. The molecule has 9 heteroatoms. The van der Waals surface area contributed by atoms with Crippen LogP contribution in [0.15, 0.2) is 18.3 Å². The van der Waals surface area contributed by atoms with Crippen molar-refractivity contribution in [1.29, 1.82) is 0 Å². The van der Waals surface area contributed by atoms with Gasteiger partial charge in [0.1, 0.15) is 5.82 Å². The molecule has 0 radical (unpaired) electrons. The van der Waals surface area contributed by atoms with E-state index in [1.165, 1.54) is 6.07 Å². The monoisotopic (exact) mass is 343 g/mol. The van der Waals surface area contributed by atoms with Gasteiger partial charge in [0.25, 0.3) is 0 Å². The zero-order chi connectivity index (χ0) is 17.5. The van der Waals surface area contributed by atoms with Gasteiger partial charge in [0.2, 0.25) is 5.91 Å². The molecular formula is C15H16F3N3O3. The molecule has 24 heavy (non-hydrogen) atoms. The van der Waals surface area contributed by atoms with E-state index in [2.05, 4.69) is 4.98 Å². The molecule has 0 bridgehead atoms. The van der Waals surface area contributed by atoms with Crippen molar-refractivity contribution in [3.8, 4) is 0 Å². The van der Waals surface area contributed by atoms with Gasteiger partial charge in [0, 0.05) is 32.4 Å². The Morgan fingerprint density at radius 2 is 1.79 bits per heavy atom. The Kier molecular flexibility index (Phi) is 4.10. The predicted molar refractivity (Wildman–Crippen MR) is 77.3 cm³/mol. The number of anilines is 1. The Morgan fingerprint density at radius 1 is 1.12 bits per heavy atom. The number of pyridine rings is 1. The fourth-order valence-corrected chi connectivity index (χ4v) is 2.87. The summed E-state index contributed by atoms with van der Waals surface area (Å²) in [7, 11) is 0. The van der Waals surface area contributed by atoms with Crippen LogP contribution in [0, 0.1) is 11.8 Å². The minimum absolute atomic E-state index is 0.151. The quantitative estimate of drug-likeness (QED) is 0.900. The fraction of sp³-hybridized carbons (Fsp3) is 0.533. The van der Waals surface area contributed by atoms with E-state index in [4.69, 9.17) is 5.11 Å². The zero-order valence-electron chi connectivity index (χ0n) is 12.7. The van der Waals surface area contributed by atoms with E-state index in [1.54, 1.807) is 4.90 Å². The summed E-state index contributed by atoms with van der Waals surface area (Å²) in [5.74, 6) is -1.67. The van der Waals surface area contributed by atoms with Crippen molar-refractivity contribution in [3.63, 3.8) is 0 Å². The highest BCUT2D eigenvalue weighted by molar-refractivity contribution is 5.89. The molecule has 6 nitrogen and oxygen atoms in total. The molecule has 0 aromatic carbocycles. The molecule has 1 aromatic heterocycles. The number of nitrogens with zero attached hydrogens (tertiary/aromatic N) is 3. The molecule has 1 N–H and O–H groups in total. The average molecular weight is 343 g/mol. The van der Waals surface area contributed by atoms with E-state index < -0.39 is 29.5 Å². The number of aromatic nitrogens is 1. The molecule has 2 fully saturated rings. The van der Waals surface area contributed by atoms with Crippen LogP contribution in [0.1, 0.15) is 12.0 Å². The van der Waals surface area contributed by atoms with E-state index >= 15 is 0 Å². The fourth-order valence-electron chi connectivity index (χ4n) is 2.87. The van der Waals surface area contributed by atoms with Gasteiger partial charge in [-0.25, -0.2) is 4.98 Å². The first-order valence-electron chi connectivity index (χ1n) is 7.57. The van der Waals surface area contributed by atoms with Crippen molar-refractivity contribution in [2.24, 2.45) is 11.8 Å². The number of carboxylic acid groups (broad SMARTS) is 1. The van der Waals surface area contributed by atoms with Gasteiger partial charge in [-0.05, 0) is 18.6 Å². The third-order valence-corrected chi connectivity index (χ3v) is 4.42. The standard InChI is InChI=1S/C15H16F3N3O3/c16-15(17,18)9-1-2-12(19-8-9)20-3-5-21(6-4-20)13(22)10-7-11(10)14(23)24/h1-2,8,10-11H,3-7H2,(H,23,24)/t10-,11-/m1/s1. The van der Waals surface area contributed by atoms with Crippen molar-refractivity contribution in [2.75, 3.05) is 31.1 Å². The predicted octanol–water partition coefficient (Wildman–Crippen LogP) is 1.47. The van der Waals surface area contributed by atoms with Crippen LogP contribution in [0.4, 0.5) is 19.0 Å². The van der Waals surface area contributed by atoms with Gasteiger partial charge in [-0.15, -0.1) is 0 Å². The van der Waals surface area contributed by atoms with E-state index in [0.717, 1.165) is 12.3 Å². The molecule has 2 heterocycles. The van der Waals surface area contributed by atoms with Crippen molar-refractivity contribution in [1.82, 2.24) is 9.88 Å². The lowest BCUT2D eigenvalue weighted by molar-refractivity contribution is -0.142. The highest BCUT2D eigenvalue weighted by Crippen LogP contribution is 2.40. The molecule has 1 saturated heterocycles. The summed E-state index contributed by atoms with van der Waals surface area (Å²) in [6, 6.07) is 2.31. The van der Waals surface area contributed by atoms with Crippen LogP contribution < -0.4 is 4.90 Å². The number of rotatable bonds is 3. The number of alkyl halides is 3. The van der Waals surface area contributed by atoms with E-state index in [1.807, 2.05) is 4.90 Å². The maximum atomic E-state index is 12.5. The largest absolute Gasteiger partial charge is 0.481 e. The molecule has 2 atom stereocenters. The number of halogens is 3. The summed E-state index contributed by atoms with van der Waals surface area (Å²) in [5.41, 5.74) is -0.798. The normalized spacial score (nSPS) is 24.0. The Bertz CT molecular complexity index is 640. The lowest BCUT2D eigenvalue weighted by Crippen LogP contribution is -2.49. The Balaban J connectivity index is 1.55. The average Bonchev–Trinajstić information content (AvgIpc) is 3.34. The van der Waals surface area contributed by atoms with E-state index in [9.17, 15) is 22.8 Å². The number of carbonyl (C=O) groups excluding carboxylic acids is 1. The van der Waals surface area contributed by atoms with Crippen LogP contribution in [-0.4, -0.2) is 53.0 Å². The number of piperazine rings is 1. The van der Waals surface area contributed by atoms with Gasteiger partial charge in [-0.3, -0.25) is 9.59 Å². The molecule has 1 amide bonds. The molecule has 1 saturated carbocycles. The Morgan fingerprint density at radius 3 is 2.25 bits per heavy atom. The first-order chi connectivity index (χ1) is 11.3. The lowest BCUT2D eigenvalue weighted by atomic mass is 10.2. The summed E-state index contributed by atoms with van der Waals surface area (Å²) in [6.07, 6.45) is -3.23. The van der Waals surface area contributed by atoms with E-state index in [-0.39, 0.29) is 5.91 Å². The molecular weight excluding hydrogens is 327 g/mol. The molecule has 130 valence electrons. The van der Waals surface area contributed by atoms with Crippen LogP contribution in [0.3, 0.4) is 0 Å². The number of carboxylic acids is 1. The highest BCUT2D eigenvalue weighted by atomic mass is 19.4. The minimum Gasteiger partial charge on any atom is -0.481 e. The van der Waals surface area contributed by atoms with Crippen molar-refractivity contribution in [3.05, 3.63) is 23.9 Å². The van der Waals surface area contributed by atoms with Gasteiger partial charge in [-0.2, -0.15) is 13.2 Å². The van der Waals surface area contributed by atoms with Gasteiger partial charge in [0.15, 0.2) is 0 Å². The van der Waals surface area contributed by atoms with Gasteiger partial charge in [-0.1, -0.05) is 0 Å². The molecule has 0 spiro atoms. The third kappa shape index (κ3) is 3.29. The highest BCUT2D eigenvalue weighted by Gasteiger charge is 2.50. The molecule has 1 aliphatic heterocycles. The SMILES string of the molecule is O=C(O)[C@@H]1C[C@H]1C(=O)N1CCN(c2ccc(C(F)(F)F)cn2)CC1. The van der Waals surface area contributed by atoms with Crippen molar-refractivity contribution >= 4 is 17.7 Å². The molecule has 3 rings (SSSR count). The minimum atomic E-state index is -4.42. The Labute approximate surface area is 135 Å². The van der Waals surface area contributed by atoms with Crippen LogP contribution in [-0.2, 0) is 15.8 Å².